The monoisotopic (exact) mass is 213 g/mol. The molecule has 15 heavy (non-hydrogen) atoms. The van der Waals surface area contributed by atoms with Gasteiger partial charge in [0.2, 0.25) is 6.08 Å². The number of hydrogen-bond acceptors (Lipinski definition) is 5. The zero-order valence-corrected chi connectivity index (χ0v) is 8.39. The van der Waals surface area contributed by atoms with Gasteiger partial charge in [-0.2, -0.15) is 4.99 Å². The van der Waals surface area contributed by atoms with Crippen LogP contribution in [-0.2, 0) is 19.1 Å². The van der Waals surface area contributed by atoms with Gasteiger partial charge in [-0.15, -0.1) is 0 Å². The fourth-order valence-electron chi connectivity index (χ4n) is 0.187. The molecule has 0 heterocycles. The van der Waals surface area contributed by atoms with E-state index in [9.17, 15) is 14.4 Å². The van der Waals surface area contributed by atoms with E-state index in [0.29, 0.717) is 0 Å². The lowest BCUT2D eigenvalue weighted by Gasteiger charge is -1.84. The van der Waals surface area contributed by atoms with Crippen LogP contribution in [0, 0.1) is 0 Å². The van der Waals surface area contributed by atoms with Gasteiger partial charge in [-0.05, 0) is 6.92 Å². The van der Waals surface area contributed by atoms with Crippen molar-refractivity contribution in [2.75, 3.05) is 0 Å². The molecule has 0 aliphatic heterocycles. The summed E-state index contributed by atoms with van der Waals surface area (Å²) in [5.74, 6) is -1.39. The number of aliphatic imine (C=N–C) groups is 1. The first-order valence-corrected chi connectivity index (χ1v) is 3.69. The average molecular weight is 213 g/mol. The topological polar surface area (TPSA) is 93.0 Å². The van der Waals surface area contributed by atoms with E-state index >= 15 is 0 Å². The summed E-state index contributed by atoms with van der Waals surface area (Å²) in [5, 5.41) is 7.89. The minimum atomic E-state index is -0.935. The molecule has 0 aliphatic rings. The van der Waals surface area contributed by atoms with Gasteiger partial charge in [-0.25, -0.2) is 9.59 Å². The van der Waals surface area contributed by atoms with Crippen LogP contribution in [0.3, 0.4) is 0 Å². The van der Waals surface area contributed by atoms with E-state index in [-0.39, 0.29) is 5.57 Å². The molecule has 0 radical (unpaired) electrons. The van der Waals surface area contributed by atoms with Crippen LogP contribution >= 0.6 is 0 Å². The van der Waals surface area contributed by atoms with Gasteiger partial charge in [0.05, 0.1) is 6.20 Å². The maximum Gasteiger partial charge on any atom is 0.330 e. The van der Waals surface area contributed by atoms with E-state index in [1.807, 2.05) is 0 Å². The summed E-state index contributed by atoms with van der Waals surface area (Å²) in [6.07, 6.45) is 3.28. The standard InChI is InChI=1S/C5H5NO3.C4H6O2/c1-5(8)9-3-2-6-4-7;1-3(2)4(5)6/h2-3H,1H3;1H2,2H3,(H,5,6). The number of aliphatic carboxylic acids is 1. The molecule has 0 aromatic carbocycles. The Morgan fingerprint density at radius 1 is 1.47 bits per heavy atom. The van der Waals surface area contributed by atoms with E-state index in [4.69, 9.17) is 5.11 Å². The van der Waals surface area contributed by atoms with Crippen LogP contribution in [-0.4, -0.2) is 23.1 Å². The van der Waals surface area contributed by atoms with E-state index < -0.39 is 11.9 Å². The second kappa shape index (κ2) is 9.88. The third-order valence-electron chi connectivity index (χ3n) is 0.787. The first-order chi connectivity index (χ1) is 6.91. The summed E-state index contributed by atoms with van der Waals surface area (Å²) in [7, 11) is 0. The summed E-state index contributed by atoms with van der Waals surface area (Å²) < 4.78 is 4.25. The molecular weight excluding hydrogens is 202 g/mol. The number of nitrogens with zero attached hydrogens (tertiary/aromatic N) is 1. The molecular formula is C9H11NO5. The first-order valence-electron chi connectivity index (χ1n) is 3.69. The lowest BCUT2D eigenvalue weighted by Crippen LogP contribution is -1.92. The summed E-state index contributed by atoms with van der Waals surface area (Å²) in [6, 6.07) is 0. The van der Waals surface area contributed by atoms with Gasteiger partial charge in [0.25, 0.3) is 0 Å². The maximum atomic E-state index is 9.99. The Balaban J connectivity index is 0. The molecule has 82 valence electrons. The van der Waals surface area contributed by atoms with Gasteiger partial charge in [0.15, 0.2) is 0 Å². The predicted octanol–water partition coefficient (Wildman–Crippen LogP) is 1.00. The Morgan fingerprint density at radius 2 is 1.93 bits per heavy atom. The number of carboxylic acids is 1. The highest BCUT2D eigenvalue weighted by Gasteiger charge is 1.90. The molecule has 6 heteroatoms. The zero-order chi connectivity index (χ0) is 12.3. The Morgan fingerprint density at radius 3 is 2.20 bits per heavy atom. The largest absolute Gasteiger partial charge is 0.478 e. The van der Waals surface area contributed by atoms with Crippen LogP contribution in [0.5, 0.6) is 0 Å². The van der Waals surface area contributed by atoms with Crippen LogP contribution < -0.4 is 0 Å². The molecule has 0 aromatic heterocycles. The number of ether oxygens (including phenoxy) is 1. The first kappa shape index (κ1) is 15.3. The summed E-state index contributed by atoms with van der Waals surface area (Å²) in [4.78, 5) is 31.9. The number of hydrogen-bond donors (Lipinski definition) is 1. The van der Waals surface area contributed by atoms with Crippen molar-refractivity contribution in [1.29, 1.82) is 0 Å². The van der Waals surface area contributed by atoms with Crippen molar-refractivity contribution >= 4 is 18.0 Å². The predicted molar refractivity (Wildman–Crippen MR) is 51.5 cm³/mol. The minimum absolute atomic E-state index is 0.176. The quantitative estimate of drug-likeness (QED) is 0.248. The molecule has 0 fully saturated rings. The highest BCUT2D eigenvalue weighted by Crippen LogP contribution is 1.81. The van der Waals surface area contributed by atoms with Gasteiger partial charge < -0.3 is 9.84 Å². The minimum Gasteiger partial charge on any atom is -0.478 e. The Bertz CT molecular complexity index is 300. The second-order valence-corrected chi connectivity index (χ2v) is 2.20. The molecule has 0 aromatic rings. The highest BCUT2D eigenvalue weighted by molar-refractivity contribution is 5.84. The van der Waals surface area contributed by atoms with Crippen molar-refractivity contribution in [3.63, 3.8) is 0 Å². The molecule has 0 aliphatic carbocycles. The molecule has 0 saturated heterocycles. The van der Waals surface area contributed by atoms with Crippen LogP contribution in [0.1, 0.15) is 13.8 Å². The SMILES string of the molecule is C=C(C)C(=O)O.CC(=O)OC=CN=C=O. The number of carboxylic acid groups (broad SMARTS) is 1. The third-order valence-corrected chi connectivity index (χ3v) is 0.787. The van der Waals surface area contributed by atoms with Crippen LogP contribution in [0.15, 0.2) is 29.6 Å². The van der Waals surface area contributed by atoms with Crippen molar-refractivity contribution < 1.29 is 24.2 Å². The number of rotatable bonds is 3. The van der Waals surface area contributed by atoms with Crippen LogP contribution in [0.4, 0.5) is 0 Å². The summed E-state index contributed by atoms with van der Waals surface area (Å²) >= 11 is 0. The Kier molecular flexibility index (Phi) is 10.1. The van der Waals surface area contributed by atoms with E-state index in [1.54, 1.807) is 0 Å². The van der Waals surface area contributed by atoms with Crippen molar-refractivity contribution in [3.8, 4) is 0 Å². The molecule has 0 atom stereocenters. The second-order valence-electron chi connectivity index (χ2n) is 2.20. The Hall–Kier alpha value is -2.20. The molecule has 0 bridgehead atoms. The molecule has 1 N–H and O–H groups in total. The average Bonchev–Trinajstić information content (AvgIpc) is 2.13. The van der Waals surface area contributed by atoms with Crippen molar-refractivity contribution in [2.45, 2.75) is 13.8 Å². The lowest BCUT2D eigenvalue weighted by atomic mass is 10.4. The highest BCUT2D eigenvalue weighted by atomic mass is 16.5. The van der Waals surface area contributed by atoms with Crippen molar-refractivity contribution in [1.82, 2.24) is 0 Å². The van der Waals surface area contributed by atoms with Crippen LogP contribution in [0.2, 0.25) is 0 Å². The summed E-state index contributed by atoms with van der Waals surface area (Å²) in [6.45, 7) is 5.85. The fourth-order valence-corrected chi connectivity index (χ4v) is 0.187. The van der Waals surface area contributed by atoms with Gasteiger partial charge in [-0.1, -0.05) is 6.58 Å². The van der Waals surface area contributed by atoms with Gasteiger partial charge in [0, 0.05) is 12.5 Å². The molecule has 0 unspecified atom stereocenters. The van der Waals surface area contributed by atoms with E-state index in [0.717, 1.165) is 12.5 Å². The van der Waals surface area contributed by atoms with Crippen molar-refractivity contribution in [2.24, 2.45) is 4.99 Å². The zero-order valence-electron chi connectivity index (χ0n) is 8.39. The van der Waals surface area contributed by atoms with Crippen LogP contribution in [0.25, 0.3) is 0 Å². The van der Waals surface area contributed by atoms with Crippen molar-refractivity contribution in [3.05, 3.63) is 24.6 Å². The Labute approximate surface area is 86.6 Å². The molecule has 0 spiro atoms. The third kappa shape index (κ3) is 18.6. The van der Waals surface area contributed by atoms with Gasteiger partial charge in [-0.3, -0.25) is 4.79 Å². The molecule has 6 nitrogen and oxygen atoms in total. The maximum absolute atomic E-state index is 9.99. The molecule has 0 saturated carbocycles. The fraction of sp³-hybridized carbons (Fsp3) is 0.222. The van der Waals surface area contributed by atoms with Gasteiger partial charge in [0.1, 0.15) is 6.26 Å². The molecule has 0 rings (SSSR count). The number of esters is 1. The van der Waals surface area contributed by atoms with E-state index in [2.05, 4.69) is 16.3 Å². The normalized spacial score (nSPS) is 8.13. The smallest absolute Gasteiger partial charge is 0.330 e. The number of carbonyl (C=O) groups excluding carboxylic acids is 2. The number of carbonyl (C=O) groups is 2. The molecule has 0 amide bonds. The van der Waals surface area contributed by atoms with Gasteiger partial charge >= 0.3 is 11.9 Å². The number of isocyanates is 1. The summed E-state index contributed by atoms with van der Waals surface area (Å²) in [5.41, 5.74) is 0.176. The lowest BCUT2D eigenvalue weighted by molar-refractivity contribution is -0.135. The van der Waals surface area contributed by atoms with E-state index in [1.165, 1.54) is 19.9 Å².